The highest BCUT2D eigenvalue weighted by atomic mass is 32.2. The van der Waals surface area contributed by atoms with Gasteiger partial charge in [-0.3, -0.25) is 4.57 Å². The molecule has 0 radical (unpaired) electrons. The summed E-state index contributed by atoms with van der Waals surface area (Å²) in [5.41, 5.74) is 4.75. The Bertz CT molecular complexity index is 1160. The minimum Gasteiger partial charge on any atom is -0.339 e. The van der Waals surface area contributed by atoms with E-state index in [0.29, 0.717) is 17.5 Å². The number of hydrogen-bond donors (Lipinski definition) is 0. The molecular weight excluding hydrogens is 394 g/mol. The molecule has 1 aliphatic carbocycles. The largest absolute Gasteiger partial charge is 0.339 e. The zero-order valence-electron chi connectivity index (χ0n) is 17.1. The maximum atomic E-state index is 5.39. The second-order valence-corrected chi connectivity index (χ2v) is 8.74. The molecule has 1 saturated carbocycles. The Morgan fingerprint density at radius 3 is 2.67 bits per heavy atom. The maximum Gasteiger partial charge on any atom is 0.229 e. The fraction of sp³-hybridized carbons (Fsp3) is 0.304. The SMILES string of the molecule is Cc1ccc(-n2c(Cc3ccccc3)nnc2SCc2noc(C3CC3)n2)c(C)c1. The fourth-order valence-electron chi connectivity index (χ4n) is 3.54. The van der Waals surface area contributed by atoms with E-state index in [1.165, 1.54) is 16.7 Å². The predicted octanol–water partition coefficient (Wildman–Crippen LogP) is 5.03. The molecule has 1 fully saturated rings. The molecule has 5 rings (SSSR count). The van der Waals surface area contributed by atoms with Gasteiger partial charge in [-0.25, -0.2) is 0 Å². The monoisotopic (exact) mass is 417 g/mol. The van der Waals surface area contributed by atoms with Gasteiger partial charge in [0.2, 0.25) is 5.89 Å². The number of aromatic nitrogens is 5. The normalized spacial score (nSPS) is 13.7. The molecule has 0 N–H and O–H groups in total. The van der Waals surface area contributed by atoms with E-state index in [1.54, 1.807) is 11.8 Å². The first-order chi connectivity index (χ1) is 14.7. The number of benzene rings is 2. The van der Waals surface area contributed by atoms with Gasteiger partial charge in [-0.1, -0.05) is 64.9 Å². The van der Waals surface area contributed by atoms with Gasteiger partial charge in [-0.15, -0.1) is 10.2 Å². The van der Waals surface area contributed by atoms with Crippen molar-refractivity contribution in [1.82, 2.24) is 24.9 Å². The Kier molecular flexibility index (Phi) is 5.12. The minimum absolute atomic E-state index is 0.465. The zero-order valence-corrected chi connectivity index (χ0v) is 17.9. The highest BCUT2D eigenvalue weighted by Gasteiger charge is 2.29. The van der Waals surface area contributed by atoms with Gasteiger partial charge in [0, 0.05) is 12.3 Å². The molecule has 30 heavy (non-hydrogen) atoms. The second-order valence-electron chi connectivity index (χ2n) is 7.80. The summed E-state index contributed by atoms with van der Waals surface area (Å²) < 4.78 is 7.55. The number of aryl methyl sites for hydroxylation is 2. The molecule has 0 aliphatic heterocycles. The molecule has 0 bridgehead atoms. The molecule has 0 atom stereocenters. The number of rotatable bonds is 7. The van der Waals surface area contributed by atoms with Crippen molar-refractivity contribution < 1.29 is 4.52 Å². The minimum atomic E-state index is 0.465. The molecule has 1 aliphatic rings. The average molecular weight is 418 g/mol. The summed E-state index contributed by atoms with van der Waals surface area (Å²) in [6.07, 6.45) is 3.02. The van der Waals surface area contributed by atoms with E-state index in [2.05, 4.69) is 81.2 Å². The fourth-order valence-corrected chi connectivity index (χ4v) is 4.34. The van der Waals surface area contributed by atoms with Gasteiger partial charge < -0.3 is 4.52 Å². The summed E-state index contributed by atoms with van der Waals surface area (Å²) in [6, 6.07) is 16.8. The number of nitrogens with zero attached hydrogens (tertiary/aromatic N) is 5. The quantitative estimate of drug-likeness (QED) is 0.393. The topological polar surface area (TPSA) is 69.6 Å². The van der Waals surface area contributed by atoms with Crippen molar-refractivity contribution in [1.29, 1.82) is 0 Å². The van der Waals surface area contributed by atoms with E-state index in [0.717, 1.165) is 41.8 Å². The first-order valence-electron chi connectivity index (χ1n) is 10.2. The summed E-state index contributed by atoms with van der Waals surface area (Å²) in [4.78, 5) is 4.54. The van der Waals surface area contributed by atoms with Crippen LogP contribution >= 0.6 is 11.8 Å². The summed E-state index contributed by atoms with van der Waals surface area (Å²) in [5, 5.41) is 14.0. The molecule has 2 aromatic heterocycles. The van der Waals surface area contributed by atoms with Crippen molar-refractivity contribution in [2.45, 2.75) is 49.9 Å². The van der Waals surface area contributed by atoms with Crippen LogP contribution < -0.4 is 0 Å². The lowest BCUT2D eigenvalue weighted by Gasteiger charge is -2.13. The Hall–Kier alpha value is -2.93. The van der Waals surface area contributed by atoms with Crippen molar-refractivity contribution in [3.63, 3.8) is 0 Å². The smallest absolute Gasteiger partial charge is 0.229 e. The molecule has 0 saturated heterocycles. The molecule has 2 aromatic carbocycles. The van der Waals surface area contributed by atoms with Crippen LogP contribution in [0.5, 0.6) is 0 Å². The van der Waals surface area contributed by atoms with Crippen LogP contribution in [-0.2, 0) is 12.2 Å². The van der Waals surface area contributed by atoms with Gasteiger partial charge in [0.05, 0.1) is 11.4 Å². The Labute approximate surface area is 179 Å². The predicted molar refractivity (Wildman–Crippen MR) is 116 cm³/mol. The van der Waals surface area contributed by atoms with Gasteiger partial charge in [-0.05, 0) is 43.9 Å². The molecular formula is C23H23N5OS. The Morgan fingerprint density at radius 1 is 1.07 bits per heavy atom. The number of hydrogen-bond acceptors (Lipinski definition) is 6. The summed E-state index contributed by atoms with van der Waals surface area (Å²) in [5.74, 6) is 3.47. The van der Waals surface area contributed by atoms with Crippen molar-refractivity contribution >= 4 is 11.8 Å². The average Bonchev–Trinajstić information content (AvgIpc) is 3.36. The van der Waals surface area contributed by atoms with Crippen LogP contribution in [0.1, 0.15) is 53.0 Å². The highest BCUT2D eigenvalue weighted by Crippen LogP contribution is 2.39. The van der Waals surface area contributed by atoms with Gasteiger partial charge in [-0.2, -0.15) is 4.98 Å². The van der Waals surface area contributed by atoms with E-state index in [-0.39, 0.29) is 0 Å². The lowest BCUT2D eigenvalue weighted by Crippen LogP contribution is -2.06. The summed E-state index contributed by atoms with van der Waals surface area (Å²) in [6.45, 7) is 4.24. The van der Waals surface area contributed by atoms with Crippen LogP contribution in [-0.4, -0.2) is 24.9 Å². The third-order valence-electron chi connectivity index (χ3n) is 5.24. The Balaban J connectivity index is 1.46. The standard InChI is InChI=1S/C23H23N5OS/c1-15-8-11-19(16(2)12-15)28-21(13-17-6-4-3-5-7-17)25-26-23(28)30-14-20-24-22(29-27-20)18-9-10-18/h3-8,11-12,18H,9-10,13-14H2,1-2H3. The Morgan fingerprint density at radius 2 is 1.90 bits per heavy atom. The van der Waals surface area contributed by atoms with Gasteiger partial charge in [0.25, 0.3) is 0 Å². The van der Waals surface area contributed by atoms with Gasteiger partial charge in [0.15, 0.2) is 11.0 Å². The number of thioether (sulfide) groups is 1. The lowest BCUT2D eigenvalue weighted by molar-refractivity contribution is 0.375. The van der Waals surface area contributed by atoms with E-state index in [1.807, 2.05) is 6.07 Å². The summed E-state index contributed by atoms with van der Waals surface area (Å²) in [7, 11) is 0. The van der Waals surface area contributed by atoms with Crippen molar-refractivity contribution in [3.8, 4) is 5.69 Å². The van der Waals surface area contributed by atoms with E-state index < -0.39 is 0 Å². The molecule has 7 heteroatoms. The first-order valence-corrected chi connectivity index (χ1v) is 11.2. The lowest BCUT2D eigenvalue weighted by atomic mass is 10.1. The first kappa shape index (κ1) is 19.1. The van der Waals surface area contributed by atoms with Gasteiger partial charge >= 0.3 is 0 Å². The van der Waals surface area contributed by atoms with Crippen LogP contribution in [0.25, 0.3) is 5.69 Å². The maximum absolute atomic E-state index is 5.39. The molecule has 4 aromatic rings. The molecule has 0 spiro atoms. The van der Waals surface area contributed by atoms with Crippen molar-refractivity contribution in [2.24, 2.45) is 0 Å². The third kappa shape index (κ3) is 4.03. The molecule has 0 unspecified atom stereocenters. The van der Waals surface area contributed by atoms with Gasteiger partial charge in [0.1, 0.15) is 5.82 Å². The zero-order chi connectivity index (χ0) is 20.5. The van der Waals surface area contributed by atoms with Crippen LogP contribution in [0.2, 0.25) is 0 Å². The third-order valence-corrected chi connectivity index (χ3v) is 6.16. The van der Waals surface area contributed by atoms with Crippen molar-refractivity contribution in [3.05, 3.63) is 82.8 Å². The molecule has 152 valence electrons. The van der Waals surface area contributed by atoms with Crippen LogP contribution in [0.3, 0.4) is 0 Å². The second kappa shape index (κ2) is 8.07. The molecule has 0 amide bonds. The van der Waals surface area contributed by atoms with Crippen LogP contribution in [0.4, 0.5) is 0 Å². The van der Waals surface area contributed by atoms with E-state index in [4.69, 9.17) is 4.52 Å². The summed E-state index contributed by atoms with van der Waals surface area (Å²) >= 11 is 1.59. The van der Waals surface area contributed by atoms with E-state index >= 15 is 0 Å². The highest BCUT2D eigenvalue weighted by molar-refractivity contribution is 7.98. The van der Waals surface area contributed by atoms with Crippen LogP contribution in [0.15, 0.2) is 58.2 Å². The molecule has 6 nitrogen and oxygen atoms in total. The van der Waals surface area contributed by atoms with E-state index in [9.17, 15) is 0 Å². The molecule has 2 heterocycles. The van der Waals surface area contributed by atoms with Crippen molar-refractivity contribution in [2.75, 3.05) is 0 Å². The van der Waals surface area contributed by atoms with Crippen LogP contribution in [0, 0.1) is 13.8 Å².